The van der Waals surface area contributed by atoms with Gasteiger partial charge in [-0.2, -0.15) is 0 Å². The fourth-order valence-corrected chi connectivity index (χ4v) is 3.35. The smallest absolute Gasteiger partial charge is 0.00912 e. The first kappa shape index (κ1) is 25.3. The lowest BCUT2D eigenvalue weighted by Crippen LogP contribution is -1.93. The van der Waals surface area contributed by atoms with E-state index in [4.69, 9.17) is 0 Å². The second-order valence-corrected chi connectivity index (χ2v) is 8.50. The van der Waals surface area contributed by atoms with Crippen LogP contribution < -0.4 is 0 Å². The van der Waals surface area contributed by atoms with Gasteiger partial charge in [-0.3, -0.25) is 0 Å². The first-order chi connectivity index (χ1) is 12.7. The van der Waals surface area contributed by atoms with Gasteiger partial charge in [0.25, 0.3) is 0 Å². The summed E-state index contributed by atoms with van der Waals surface area (Å²) in [4.78, 5) is 0. The van der Waals surface area contributed by atoms with Crippen LogP contribution in [0.15, 0.2) is 11.6 Å². The second kappa shape index (κ2) is 20.6. The molecule has 0 aliphatic carbocycles. The zero-order valence-electron chi connectivity index (χ0n) is 18.7. The quantitative estimate of drug-likeness (QED) is 0.138. The third-order valence-corrected chi connectivity index (χ3v) is 5.25. The molecule has 0 heteroatoms. The molecular formula is C26H48. The largest absolute Gasteiger partial charge is 0.103 e. The Labute approximate surface area is 166 Å². The summed E-state index contributed by atoms with van der Waals surface area (Å²) in [6, 6.07) is 0. The Hall–Kier alpha value is -0.700. The van der Waals surface area contributed by atoms with Gasteiger partial charge in [0.1, 0.15) is 0 Å². The van der Waals surface area contributed by atoms with Crippen molar-refractivity contribution in [3.8, 4) is 11.8 Å². The number of hydrogen-bond acceptors (Lipinski definition) is 0. The summed E-state index contributed by atoms with van der Waals surface area (Å²) in [6.45, 7) is 9.03. The van der Waals surface area contributed by atoms with Gasteiger partial charge in [-0.15, -0.1) is 11.8 Å². The van der Waals surface area contributed by atoms with Gasteiger partial charge in [0.15, 0.2) is 0 Å². The van der Waals surface area contributed by atoms with Crippen LogP contribution in [-0.4, -0.2) is 0 Å². The summed E-state index contributed by atoms with van der Waals surface area (Å²) in [5.74, 6) is 7.59. The Morgan fingerprint density at radius 2 is 1.19 bits per heavy atom. The summed E-state index contributed by atoms with van der Waals surface area (Å²) < 4.78 is 0. The third kappa shape index (κ3) is 21.3. The highest BCUT2D eigenvalue weighted by molar-refractivity contribution is 4.99. The molecule has 0 aliphatic heterocycles. The van der Waals surface area contributed by atoms with Gasteiger partial charge in [0.05, 0.1) is 0 Å². The summed E-state index contributed by atoms with van der Waals surface area (Å²) >= 11 is 0. The second-order valence-electron chi connectivity index (χ2n) is 8.50. The number of unbranched alkanes of at least 4 members (excludes halogenated alkanes) is 12. The minimum atomic E-state index is 0.812. The number of allylic oxidation sites excluding steroid dienone is 2. The van der Waals surface area contributed by atoms with Crippen molar-refractivity contribution >= 4 is 0 Å². The zero-order valence-corrected chi connectivity index (χ0v) is 18.7. The van der Waals surface area contributed by atoms with E-state index in [1.54, 1.807) is 0 Å². The minimum Gasteiger partial charge on any atom is -0.103 e. The third-order valence-electron chi connectivity index (χ3n) is 5.25. The molecule has 0 spiro atoms. The maximum Gasteiger partial charge on any atom is 0.00912 e. The zero-order chi connectivity index (χ0) is 19.3. The van der Waals surface area contributed by atoms with Crippen molar-refractivity contribution in [3.05, 3.63) is 11.6 Å². The Morgan fingerprint density at radius 1 is 0.692 bits per heavy atom. The van der Waals surface area contributed by atoms with Gasteiger partial charge >= 0.3 is 0 Å². The van der Waals surface area contributed by atoms with Gasteiger partial charge in [-0.05, 0) is 45.4 Å². The van der Waals surface area contributed by atoms with E-state index in [0.717, 1.165) is 18.8 Å². The normalized spacial score (nSPS) is 11.7. The molecule has 26 heavy (non-hydrogen) atoms. The van der Waals surface area contributed by atoms with E-state index >= 15 is 0 Å². The molecule has 0 aliphatic rings. The van der Waals surface area contributed by atoms with Crippen LogP contribution in [0.1, 0.15) is 137 Å². The van der Waals surface area contributed by atoms with E-state index < -0.39 is 0 Å². The van der Waals surface area contributed by atoms with Gasteiger partial charge in [-0.25, -0.2) is 0 Å². The Morgan fingerprint density at radius 3 is 1.73 bits per heavy atom. The molecule has 152 valence electrons. The molecule has 0 saturated carbocycles. The SMILES string of the molecule is CCCCCCCCCCCCCCC#CCC[C@H](C)CCC=C(C)C. The molecule has 0 aromatic heterocycles. The van der Waals surface area contributed by atoms with Gasteiger partial charge in [0, 0.05) is 12.8 Å². The van der Waals surface area contributed by atoms with Gasteiger partial charge < -0.3 is 0 Å². The molecule has 1 atom stereocenters. The molecule has 0 rings (SSSR count). The molecule has 0 aromatic rings. The van der Waals surface area contributed by atoms with Crippen LogP contribution >= 0.6 is 0 Å². The highest BCUT2D eigenvalue weighted by atomic mass is 14.0. The molecule has 0 nitrogen and oxygen atoms in total. The van der Waals surface area contributed by atoms with Crippen LogP contribution in [0.5, 0.6) is 0 Å². The average Bonchev–Trinajstić information content (AvgIpc) is 2.61. The van der Waals surface area contributed by atoms with Crippen molar-refractivity contribution in [3.63, 3.8) is 0 Å². The fraction of sp³-hybridized carbons (Fsp3) is 0.846. The molecular weight excluding hydrogens is 312 g/mol. The molecule has 0 fully saturated rings. The lowest BCUT2D eigenvalue weighted by atomic mass is 9.99. The molecule has 0 heterocycles. The van der Waals surface area contributed by atoms with Gasteiger partial charge in [0.2, 0.25) is 0 Å². The van der Waals surface area contributed by atoms with Crippen LogP contribution in [0, 0.1) is 17.8 Å². The molecule has 0 saturated heterocycles. The summed E-state index contributed by atoms with van der Waals surface area (Å²) in [5, 5.41) is 0. The molecule has 0 bridgehead atoms. The van der Waals surface area contributed by atoms with E-state index in [1.165, 1.54) is 102 Å². The van der Waals surface area contributed by atoms with Crippen LogP contribution in [0.4, 0.5) is 0 Å². The van der Waals surface area contributed by atoms with E-state index in [0.29, 0.717) is 0 Å². The van der Waals surface area contributed by atoms with Crippen LogP contribution in [0.3, 0.4) is 0 Å². The van der Waals surface area contributed by atoms with Crippen LogP contribution in [-0.2, 0) is 0 Å². The van der Waals surface area contributed by atoms with Crippen LogP contribution in [0.25, 0.3) is 0 Å². The van der Waals surface area contributed by atoms with E-state index in [-0.39, 0.29) is 0 Å². The lowest BCUT2D eigenvalue weighted by molar-refractivity contribution is 0.504. The number of hydrogen-bond donors (Lipinski definition) is 0. The molecule has 0 unspecified atom stereocenters. The molecule has 0 aromatic carbocycles. The summed E-state index contributed by atoms with van der Waals surface area (Å²) in [7, 11) is 0. The molecule has 0 N–H and O–H groups in total. The highest BCUT2D eigenvalue weighted by Crippen LogP contribution is 2.14. The monoisotopic (exact) mass is 360 g/mol. The molecule has 0 radical (unpaired) electrons. The lowest BCUT2D eigenvalue weighted by Gasteiger charge is -2.06. The maximum absolute atomic E-state index is 3.39. The fourth-order valence-electron chi connectivity index (χ4n) is 3.35. The Kier molecular flexibility index (Phi) is 20.1. The van der Waals surface area contributed by atoms with Crippen molar-refractivity contribution in [2.75, 3.05) is 0 Å². The summed E-state index contributed by atoms with van der Waals surface area (Å²) in [6.07, 6.45) is 25.4. The Balaban J connectivity index is 3.26. The first-order valence-electron chi connectivity index (χ1n) is 11.8. The van der Waals surface area contributed by atoms with Crippen molar-refractivity contribution in [2.45, 2.75) is 137 Å². The van der Waals surface area contributed by atoms with Crippen molar-refractivity contribution in [2.24, 2.45) is 5.92 Å². The van der Waals surface area contributed by atoms with Crippen LogP contribution in [0.2, 0.25) is 0 Å². The number of rotatable bonds is 17. The average molecular weight is 361 g/mol. The van der Waals surface area contributed by atoms with Crippen molar-refractivity contribution in [1.82, 2.24) is 0 Å². The van der Waals surface area contributed by atoms with E-state index in [2.05, 4.69) is 45.6 Å². The maximum atomic E-state index is 3.39. The first-order valence-corrected chi connectivity index (χ1v) is 11.8. The van der Waals surface area contributed by atoms with E-state index in [9.17, 15) is 0 Å². The topological polar surface area (TPSA) is 0 Å². The Bertz CT molecular complexity index is 361. The van der Waals surface area contributed by atoms with Crippen molar-refractivity contribution in [1.29, 1.82) is 0 Å². The minimum absolute atomic E-state index is 0.812. The molecule has 0 amide bonds. The van der Waals surface area contributed by atoms with Crippen molar-refractivity contribution < 1.29 is 0 Å². The summed E-state index contributed by atoms with van der Waals surface area (Å²) in [5.41, 5.74) is 1.44. The predicted molar refractivity (Wildman–Crippen MR) is 121 cm³/mol. The predicted octanol–water partition coefficient (Wildman–Crippen LogP) is 9.24. The van der Waals surface area contributed by atoms with Gasteiger partial charge in [-0.1, -0.05) is 96.1 Å². The highest BCUT2D eigenvalue weighted by Gasteiger charge is 1.99. The van der Waals surface area contributed by atoms with E-state index in [1.807, 2.05) is 0 Å². The standard InChI is InChI=1S/C26H48/c1-5-6-7-8-9-10-11-12-13-14-15-16-17-18-19-20-23-26(4)24-21-22-25(2)3/h22,26H,5-17,20-21,23-24H2,1-4H3/t26-/m0/s1.